The van der Waals surface area contributed by atoms with Crippen LogP contribution in [0.5, 0.6) is 0 Å². The SMILES string of the molecule is Cn1c(=O)c(CN(CC2(N3CCNCC3)CCCOC2)C(=O)C2CCCCC2)cc2ccccc21. The molecule has 3 aliphatic rings. The van der Waals surface area contributed by atoms with Gasteiger partial charge in [-0.2, -0.15) is 0 Å². The van der Waals surface area contributed by atoms with Gasteiger partial charge in [0.1, 0.15) is 0 Å². The second-order valence-corrected chi connectivity index (χ2v) is 10.7. The Balaban J connectivity index is 1.49. The molecular formula is C28H40N4O3. The number of aryl methyl sites for hydroxylation is 1. The highest BCUT2D eigenvalue weighted by Gasteiger charge is 2.42. The van der Waals surface area contributed by atoms with Gasteiger partial charge in [0, 0.05) is 57.9 Å². The Morgan fingerprint density at radius 2 is 1.91 bits per heavy atom. The van der Waals surface area contributed by atoms with Gasteiger partial charge >= 0.3 is 0 Å². The number of nitrogens with one attached hydrogen (secondary N) is 1. The van der Waals surface area contributed by atoms with E-state index in [4.69, 9.17) is 4.74 Å². The fourth-order valence-electron chi connectivity index (χ4n) is 6.43. The Morgan fingerprint density at radius 3 is 2.66 bits per heavy atom. The molecule has 1 amide bonds. The molecule has 1 aromatic heterocycles. The number of amides is 1. The van der Waals surface area contributed by atoms with Crippen molar-refractivity contribution in [2.75, 3.05) is 45.9 Å². The summed E-state index contributed by atoms with van der Waals surface area (Å²) < 4.78 is 7.78. The van der Waals surface area contributed by atoms with E-state index < -0.39 is 0 Å². The van der Waals surface area contributed by atoms with Crippen molar-refractivity contribution in [3.63, 3.8) is 0 Å². The quantitative estimate of drug-likeness (QED) is 0.689. The number of hydrogen-bond donors (Lipinski definition) is 1. The Hall–Kier alpha value is -2.22. The van der Waals surface area contributed by atoms with E-state index in [2.05, 4.69) is 10.2 Å². The van der Waals surface area contributed by atoms with E-state index in [9.17, 15) is 9.59 Å². The van der Waals surface area contributed by atoms with Crippen LogP contribution in [0.1, 0.15) is 50.5 Å². The van der Waals surface area contributed by atoms with Crippen molar-refractivity contribution < 1.29 is 9.53 Å². The van der Waals surface area contributed by atoms with E-state index >= 15 is 0 Å². The van der Waals surface area contributed by atoms with Crippen LogP contribution in [-0.2, 0) is 23.1 Å². The lowest BCUT2D eigenvalue weighted by Gasteiger charge is -2.50. The van der Waals surface area contributed by atoms with Crippen molar-refractivity contribution in [3.8, 4) is 0 Å². The number of nitrogens with zero attached hydrogens (tertiary/aromatic N) is 3. The van der Waals surface area contributed by atoms with Crippen molar-refractivity contribution in [2.45, 2.75) is 57.0 Å². The van der Waals surface area contributed by atoms with Gasteiger partial charge in [0.15, 0.2) is 0 Å². The molecule has 7 nitrogen and oxygen atoms in total. The number of fused-ring (bicyclic) bond motifs is 1. The minimum Gasteiger partial charge on any atom is -0.379 e. The first kappa shape index (κ1) is 24.5. The zero-order valence-corrected chi connectivity index (χ0v) is 21.1. The molecule has 7 heteroatoms. The maximum Gasteiger partial charge on any atom is 0.255 e. The van der Waals surface area contributed by atoms with Crippen molar-refractivity contribution in [3.05, 3.63) is 46.2 Å². The van der Waals surface area contributed by atoms with E-state index in [1.807, 2.05) is 42.3 Å². The molecule has 1 aromatic carbocycles. The third kappa shape index (κ3) is 5.18. The van der Waals surface area contributed by atoms with Gasteiger partial charge in [0.05, 0.1) is 24.2 Å². The lowest BCUT2D eigenvalue weighted by molar-refractivity contribution is -0.142. The number of piperazine rings is 1. The summed E-state index contributed by atoms with van der Waals surface area (Å²) in [6, 6.07) is 9.97. The first-order valence-corrected chi connectivity index (χ1v) is 13.5. The van der Waals surface area contributed by atoms with Crippen molar-refractivity contribution in [2.24, 2.45) is 13.0 Å². The van der Waals surface area contributed by atoms with Crippen LogP contribution in [0.3, 0.4) is 0 Å². The monoisotopic (exact) mass is 480 g/mol. The largest absolute Gasteiger partial charge is 0.379 e. The maximum atomic E-state index is 14.0. The highest BCUT2D eigenvalue weighted by molar-refractivity contribution is 5.81. The number of hydrogen-bond acceptors (Lipinski definition) is 5. The zero-order chi connectivity index (χ0) is 24.3. The van der Waals surface area contributed by atoms with E-state index in [1.165, 1.54) is 6.42 Å². The minimum absolute atomic E-state index is 0.0127. The molecule has 3 heterocycles. The number of rotatable bonds is 6. The molecule has 2 aliphatic heterocycles. The van der Waals surface area contributed by atoms with Gasteiger partial charge in [0.2, 0.25) is 5.91 Å². The molecule has 2 aromatic rings. The smallest absolute Gasteiger partial charge is 0.255 e. The van der Waals surface area contributed by atoms with Crippen LogP contribution in [0, 0.1) is 5.92 Å². The molecule has 35 heavy (non-hydrogen) atoms. The molecule has 0 bridgehead atoms. The first-order chi connectivity index (χ1) is 17.1. The number of pyridine rings is 1. The van der Waals surface area contributed by atoms with E-state index in [0.717, 1.165) is 82.2 Å². The summed E-state index contributed by atoms with van der Waals surface area (Å²) in [5.41, 5.74) is 1.42. The standard InChI is InChI=1S/C28H40N4O3/c1-30-25-11-6-5-10-23(25)18-24(26(30)33)19-31(27(34)22-8-3-2-4-9-22)20-28(12-7-17-35-21-28)32-15-13-29-14-16-32/h5-6,10-11,18,22,29H,2-4,7-9,12-17,19-21H2,1H3. The van der Waals surface area contributed by atoms with E-state index in [0.29, 0.717) is 25.3 Å². The minimum atomic E-state index is -0.188. The van der Waals surface area contributed by atoms with Crippen molar-refractivity contribution in [1.29, 1.82) is 0 Å². The van der Waals surface area contributed by atoms with Crippen LogP contribution >= 0.6 is 0 Å². The number of carbonyl (C=O) groups is 1. The Morgan fingerprint density at radius 1 is 1.14 bits per heavy atom. The highest BCUT2D eigenvalue weighted by Crippen LogP contribution is 2.31. The molecule has 1 saturated carbocycles. The number of carbonyl (C=O) groups excluding carboxylic acids is 1. The summed E-state index contributed by atoms with van der Waals surface area (Å²) in [4.78, 5) is 31.9. The average Bonchev–Trinajstić information content (AvgIpc) is 2.92. The van der Waals surface area contributed by atoms with E-state index in [1.54, 1.807) is 4.57 Å². The van der Waals surface area contributed by atoms with Crippen molar-refractivity contribution in [1.82, 2.24) is 19.7 Å². The third-order valence-electron chi connectivity index (χ3n) is 8.41. The summed E-state index contributed by atoms with van der Waals surface area (Å²) in [7, 11) is 1.83. The fourth-order valence-corrected chi connectivity index (χ4v) is 6.43. The molecule has 1 unspecified atom stereocenters. The number of benzene rings is 1. The highest BCUT2D eigenvalue weighted by atomic mass is 16.5. The summed E-state index contributed by atoms with van der Waals surface area (Å²) in [5.74, 6) is 0.289. The van der Waals surface area contributed by atoms with Gasteiger partial charge < -0.3 is 19.5 Å². The predicted octanol–water partition coefficient (Wildman–Crippen LogP) is 2.90. The third-order valence-corrected chi connectivity index (χ3v) is 8.41. The topological polar surface area (TPSA) is 66.8 Å². The van der Waals surface area contributed by atoms with Crippen LogP contribution in [0.15, 0.2) is 35.1 Å². The van der Waals surface area contributed by atoms with Crippen LogP contribution < -0.4 is 10.9 Å². The van der Waals surface area contributed by atoms with Gasteiger partial charge in [0.25, 0.3) is 5.56 Å². The van der Waals surface area contributed by atoms with Crippen LogP contribution in [0.4, 0.5) is 0 Å². The molecule has 1 N–H and O–H groups in total. The second kappa shape index (κ2) is 10.8. The second-order valence-electron chi connectivity index (χ2n) is 10.7. The summed E-state index contributed by atoms with van der Waals surface area (Å²) >= 11 is 0. The molecule has 0 radical (unpaired) electrons. The van der Waals surface area contributed by atoms with Crippen LogP contribution in [0.2, 0.25) is 0 Å². The molecular weight excluding hydrogens is 440 g/mol. The van der Waals surface area contributed by atoms with Gasteiger partial charge in [-0.25, -0.2) is 0 Å². The lowest BCUT2D eigenvalue weighted by Crippen LogP contribution is -2.64. The van der Waals surface area contributed by atoms with Crippen molar-refractivity contribution >= 4 is 16.8 Å². The fraction of sp³-hybridized carbons (Fsp3) is 0.643. The van der Waals surface area contributed by atoms with Gasteiger partial charge in [-0.15, -0.1) is 0 Å². The van der Waals surface area contributed by atoms with Crippen LogP contribution in [0.25, 0.3) is 10.9 Å². The van der Waals surface area contributed by atoms with Gasteiger partial charge in [-0.05, 0) is 43.2 Å². The lowest BCUT2D eigenvalue weighted by atomic mass is 9.85. The summed E-state index contributed by atoms with van der Waals surface area (Å²) in [6.07, 6.45) is 7.41. The molecule has 190 valence electrons. The Kier molecular flexibility index (Phi) is 7.56. The maximum absolute atomic E-state index is 14.0. The molecule has 3 fully saturated rings. The van der Waals surface area contributed by atoms with Crippen LogP contribution in [-0.4, -0.2) is 71.8 Å². The number of para-hydroxylation sites is 1. The molecule has 1 aliphatic carbocycles. The average molecular weight is 481 g/mol. The van der Waals surface area contributed by atoms with Gasteiger partial charge in [-0.1, -0.05) is 37.5 Å². The number of ether oxygens (including phenoxy) is 1. The molecule has 5 rings (SSSR count). The Bertz CT molecular complexity index is 1080. The Labute approximate surface area is 208 Å². The van der Waals surface area contributed by atoms with E-state index in [-0.39, 0.29) is 22.9 Å². The predicted molar refractivity (Wildman–Crippen MR) is 138 cm³/mol. The first-order valence-electron chi connectivity index (χ1n) is 13.5. The molecule has 0 spiro atoms. The summed E-state index contributed by atoms with van der Waals surface area (Å²) in [5, 5.41) is 4.50. The molecule has 2 saturated heterocycles. The zero-order valence-electron chi connectivity index (χ0n) is 21.1. The molecule has 1 atom stereocenters. The summed E-state index contributed by atoms with van der Waals surface area (Å²) in [6.45, 7) is 6.28. The normalized spacial score (nSPS) is 24.5. The number of aromatic nitrogens is 1. The van der Waals surface area contributed by atoms with Gasteiger partial charge in [-0.3, -0.25) is 14.5 Å².